The molecule has 1 amide bonds. The molecule has 18 heavy (non-hydrogen) atoms. The first-order valence-electron chi connectivity index (χ1n) is 7.21. The van der Waals surface area contributed by atoms with Crippen LogP contribution in [-0.2, 0) is 4.79 Å². The molecule has 1 saturated carbocycles. The summed E-state index contributed by atoms with van der Waals surface area (Å²) in [6.45, 7) is 4.59. The van der Waals surface area contributed by atoms with Gasteiger partial charge in [-0.1, -0.05) is 6.92 Å². The average molecular weight is 270 g/mol. The molecule has 1 aliphatic carbocycles. The Hall–Kier alpha value is -0.220. The summed E-state index contributed by atoms with van der Waals surface area (Å²) in [7, 11) is 1.99. The lowest BCUT2D eigenvalue weighted by molar-refractivity contribution is -0.129. The lowest BCUT2D eigenvalue weighted by Crippen LogP contribution is -2.44. The van der Waals surface area contributed by atoms with Crippen molar-refractivity contribution >= 4 is 17.7 Å². The topological polar surface area (TPSA) is 32.3 Å². The minimum Gasteiger partial charge on any atom is -0.342 e. The predicted molar refractivity (Wildman–Crippen MR) is 77.9 cm³/mol. The summed E-state index contributed by atoms with van der Waals surface area (Å²) in [5.74, 6) is 3.77. The van der Waals surface area contributed by atoms with E-state index in [-0.39, 0.29) is 0 Å². The van der Waals surface area contributed by atoms with Gasteiger partial charge in [0.2, 0.25) is 5.91 Å². The Morgan fingerprint density at radius 1 is 1.28 bits per heavy atom. The molecule has 0 aromatic carbocycles. The van der Waals surface area contributed by atoms with Gasteiger partial charge >= 0.3 is 0 Å². The minimum atomic E-state index is 0.326. The van der Waals surface area contributed by atoms with Crippen LogP contribution in [-0.4, -0.2) is 48.5 Å². The highest BCUT2D eigenvalue weighted by molar-refractivity contribution is 7.99. The first kappa shape index (κ1) is 14.2. The smallest absolute Gasteiger partial charge is 0.232 e. The molecule has 3 nitrogen and oxygen atoms in total. The van der Waals surface area contributed by atoms with E-state index in [1.165, 1.54) is 25.7 Å². The molecule has 0 aromatic heterocycles. The normalized spacial score (nSPS) is 28.8. The molecule has 0 atom stereocenters. The van der Waals surface area contributed by atoms with Crippen molar-refractivity contribution in [2.75, 3.05) is 31.6 Å². The maximum absolute atomic E-state index is 12.1. The van der Waals surface area contributed by atoms with E-state index >= 15 is 0 Å². The Morgan fingerprint density at radius 2 is 1.94 bits per heavy atom. The maximum atomic E-state index is 12.1. The highest BCUT2D eigenvalue weighted by atomic mass is 32.2. The van der Waals surface area contributed by atoms with Crippen LogP contribution < -0.4 is 5.32 Å². The lowest BCUT2D eigenvalue weighted by Gasteiger charge is -2.34. The van der Waals surface area contributed by atoms with Gasteiger partial charge in [-0.3, -0.25) is 4.79 Å². The van der Waals surface area contributed by atoms with Crippen molar-refractivity contribution in [3.8, 4) is 0 Å². The van der Waals surface area contributed by atoms with Crippen LogP contribution in [0.1, 0.15) is 32.6 Å². The molecule has 4 heteroatoms. The van der Waals surface area contributed by atoms with Crippen molar-refractivity contribution in [3.05, 3.63) is 0 Å². The molecule has 104 valence electrons. The second-order valence-corrected chi connectivity index (χ2v) is 6.99. The molecule has 0 spiro atoms. The number of nitrogens with zero attached hydrogens (tertiary/aromatic N) is 1. The number of carbonyl (C=O) groups is 1. The third-order valence-corrected chi connectivity index (χ3v) is 5.53. The average Bonchev–Trinajstić information content (AvgIpc) is 2.32. The first-order valence-corrected chi connectivity index (χ1v) is 8.36. The Morgan fingerprint density at radius 3 is 2.50 bits per heavy atom. The van der Waals surface area contributed by atoms with E-state index in [0.717, 1.165) is 30.7 Å². The number of hydrogen-bond acceptors (Lipinski definition) is 3. The fourth-order valence-corrected chi connectivity index (χ4v) is 3.78. The van der Waals surface area contributed by atoms with Gasteiger partial charge in [0.05, 0.1) is 5.75 Å². The number of rotatable bonds is 5. The van der Waals surface area contributed by atoms with Gasteiger partial charge in [-0.2, -0.15) is 11.8 Å². The molecular weight excluding hydrogens is 244 g/mol. The summed E-state index contributed by atoms with van der Waals surface area (Å²) < 4.78 is 0. The third kappa shape index (κ3) is 3.89. The number of hydrogen-bond donors (Lipinski definition) is 1. The number of amides is 1. The second-order valence-electron chi connectivity index (χ2n) is 5.96. The van der Waals surface area contributed by atoms with Crippen LogP contribution in [0.2, 0.25) is 0 Å². The van der Waals surface area contributed by atoms with Crippen molar-refractivity contribution in [1.82, 2.24) is 10.2 Å². The molecule has 1 N–H and O–H groups in total. The maximum Gasteiger partial charge on any atom is 0.232 e. The zero-order valence-corrected chi connectivity index (χ0v) is 12.5. The summed E-state index contributed by atoms with van der Waals surface area (Å²) in [5, 5.41) is 3.27. The van der Waals surface area contributed by atoms with Crippen molar-refractivity contribution in [2.45, 2.75) is 38.6 Å². The highest BCUT2D eigenvalue weighted by Crippen LogP contribution is 2.26. The summed E-state index contributed by atoms with van der Waals surface area (Å²) in [5.41, 5.74) is 0. The first-order chi connectivity index (χ1) is 8.66. The molecule has 2 fully saturated rings. The Kier molecular flexibility index (Phi) is 5.37. The predicted octanol–water partition coefficient (Wildman–Crippen LogP) is 1.98. The minimum absolute atomic E-state index is 0.326. The van der Waals surface area contributed by atoms with Gasteiger partial charge in [0.1, 0.15) is 0 Å². The zero-order valence-electron chi connectivity index (χ0n) is 11.7. The van der Waals surface area contributed by atoms with Crippen molar-refractivity contribution < 1.29 is 4.79 Å². The second kappa shape index (κ2) is 6.80. The van der Waals surface area contributed by atoms with E-state index < -0.39 is 0 Å². The van der Waals surface area contributed by atoms with E-state index in [1.54, 1.807) is 11.8 Å². The van der Waals surface area contributed by atoms with Gasteiger partial charge in [0, 0.05) is 13.1 Å². The summed E-state index contributed by atoms with van der Waals surface area (Å²) in [6.07, 6.45) is 4.95. The van der Waals surface area contributed by atoms with E-state index in [2.05, 4.69) is 12.2 Å². The summed E-state index contributed by atoms with van der Waals surface area (Å²) >= 11 is 1.81. The third-order valence-electron chi connectivity index (χ3n) is 4.37. The van der Waals surface area contributed by atoms with E-state index in [0.29, 0.717) is 17.7 Å². The van der Waals surface area contributed by atoms with Crippen molar-refractivity contribution in [2.24, 2.45) is 11.8 Å². The fraction of sp³-hybridized carbons (Fsp3) is 0.929. The standard InChI is InChI=1S/C14H26N2OS/c1-11-3-5-13(6-4-11)16(2)14(17)10-18-9-12-7-15-8-12/h11-13,15H,3-10H2,1-2H3. The lowest BCUT2D eigenvalue weighted by atomic mass is 9.87. The van der Waals surface area contributed by atoms with E-state index in [4.69, 9.17) is 0 Å². The Bertz CT molecular complexity index is 273. The Balaban J connectivity index is 1.64. The van der Waals surface area contributed by atoms with Gasteiger partial charge in [0.15, 0.2) is 0 Å². The molecule has 2 rings (SSSR count). The van der Waals surface area contributed by atoms with Gasteiger partial charge in [-0.25, -0.2) is 0 Å². The van der Waals surface area contributed by atoms with E-state index in [1.807, 2.05) is 11.9 Å². The van der Waals surface area contributed by atoms with Crippen molar-refractivity contribution in [3.63, 3.8) is 0 Å². The SMILES string of the molecule is CC1CCC(N(C)C(=O)CSCC2CNC2)CC1. The van der Waals surface area contributed by atoms with Crippen LogP contribution in [0.25, 0.3) is 0 Å². The number of thioether (sulfide) groups is 1. The van der Waals surface area contributed by atoms with Gasteiger partial charge < -0.3 is 10.2 Å². The Labute approximate surface area is 115 Å². The molecule has 0 radical (unpaired) electrons. The zero-order chi connectivity index (χ0) is 13.0. The van der Waals surface area contributed by atoms with Crippen molar-refractivity contribution in [1.29, 1.82) is 0 Å². The molecule has 1 aliphatic heterocycles. The number of nitrogens with one attached hydrogen (secondary N) is 1. The van der Waals surface area contributed by atoms with Crippen LogP contribution in [0.15, 0.2) is 0 Å². The fourth-order valence-electron chi connectivity index (χ4n) is 2.71. The van der Waals surface area contributed by atoms with Gasteiger partial charge in [-0.15, -0.1) is 0 Å². The summed E-state index contributed by atoms with van der Waals surface area (Å²) in [6, 6.07) is 0.500. The molecule has 2 aliphatic rings. The molecule has 1 heterocycles. The molecular formula is C14H26N2OS. The van der Waals surface area contributed by atoms with E-state index in [9.17, 15) is 4.79 Å². The largest absolute Gasteiger partial charge is 0.342 e. The van der Waals surface area contributed by atoms with Crippen LogP contribution >= 0.6 is 11.8 Å². The van der Waals surface area contributed by atoms with Crippen LogP contribution in [0.3, 0.4) is 0 Å². The molecule has 0 bridgehead atoms. The molecule has 1 saturated heterocycles. The summed E-state index contributed by atoms with van der Waals surface area (Å²) in [4.78, 5) is 14.1. The van der Waals surface area contributed by atoms with Crippen LogP contribution in [0.5, 0.6) is 0 Å². The van der Waals surface area contributed by atoms with Crippen LogP contribution in [0.4, 0.5) is 0 Å². The number of carbonyl (C=O) groups excluding carboxylic acids is 1. The molecule has 0 aromatic rings. The van der Waals surface area contributed by atoms with Crippen LogP contribution in [0, 0.1) is 11.8 Å². The monoisotopic (exact) mass is 270 g/mol. The highest BCUT2D eigenvalue weighted by Gasteiger charge is 2.25. The molecule has 0 unspecified atom stereocenters. The van der Waals surface area contributed by atoms with Gasteiger partial charge in [0.25, 0.3) is 0 Å². The van der Waals surface area contributed by atoms with Gasteiger partial charge in [-0.05, 0) is 56.4 Å². The quantitative estimate of drug-likeness (QED) is 0.829.